The lowest BCUT2D eigenvalue weighted by Crippen LogP contribution is -2.26. The summed E-state index contributed by atoms with van der Waals surface area (Å²) in [5.41, 5.74) is 2.98. The number of rotatable bonds is 11. The van der Waals surface area contributed by atoms with Crippen molar-refractivity contribution in [1.29, 1.82) is 0 Å². The van der Waals surface area contributed by atoms with Gasteiger partial charge in [-0.1, -0.05) is 41.6 Å². The van der Waals surface area contributed by atoms with E-state index in [1.165, 1.54) is 29.5 Å². The summed E-state index contributed by atoms with van der Waals surface area (Å²) in [7, 11) is 0. The topological polar surface area (TPSA) is 100 Å². The van der Waals surface area contributed by atoms with Crippen molar-refractivity contribution < 1.29 is 19.4 Å². The van der Waals surface area contributed by atoms with Crippen molar-refractivity contribution in [2.45, 2.75) is 37.4 Å². The Kier molecular flexibility index (Phi) is 8.78. The monoisotopic (exact) mass is 458 g/mol. The van der Waals surface area contributed by atoms with Crippen LogP contribution in [0.15, 0.2) is 53.7 Å². The first kappa shape index (κ1) is 23.9. The van der Waals surface area contributed by atoms with E-state index in [4.69, 9.17) is 5.11 Å². The van der Waals surface area contributed by atoms with Gasteiger partial charge >= 0.3 is 0 Å². The Morgan fingerprint density at radius 2 is 1.84 bits per heavy atom. The minimum Gasteiger partial charge on any atom is -0.394 e. The summed E-state index contributed by atoms with van der Waals surface area (Å²) in [5.74, 6) is 0.454. The normalized spacial score (nSPS) is 12.0. The van der Waals surface area contributed by atoms with Gasteiger partial charge < -0.3 is 15.5 Å². The van der Waals surface area contributed by atoms with E-state index in [1.54, 1.807) is 16.7 Å². The third-order valence-electron chi connectivity index (χ3n) is 4.83. The van der Waals surface area contributed by atoms with Gasteiger partial charge in [-0.25, -0.2) is 4.39 Å². The van der Waals surface area contributed by atoms with Crippen LogP contribution >= 0.6 is 11.8 Å². The molecule has 1 amide bonds. The molecule has 1 aromatic heterocycles. The Labute approximate surface area is 190 Å². The average molecular weight is 459 g/mol. The summed E-state index contributed by atoms with van der Waals surface area (Å²) >= 11 is 1.24. The first-order valence-electron chi connectivity index (χ1n) is 10.4. The van der Waals surface area contributed by atoms with Gasteiger partial charge in [0.05, 0.1) is 12.7 Å². The minimum absolute atomic E-state index is 0.0425. The number of halogens is 1. The Morgan fingerprint density at radius 1 is 1.12 bits per heavy atom. The lowest BCUT2D eigenvalue weighted by atomic mass is 10.1. The van der Waals surface area contributed by atoms with Crippen LogP contribution in [0.2, 0.25) is 0 Å². The molecule has 0 bridgehead atoms. The number of benzene rings is 2. The average Bonchev–Trinajstić information content (AvgIpc) is 3.20. The molecular formula is C23H27FN4O3S. The smallest absolute Gasteiger partial charge is 0.220 e. The van der Waals surface area contributed by atoms with Crippen molar-refractivity contribution in [2.24, 2.45) is 0 Å². The summed E-state index contributed by atoms with van der Waals surface area (Å²) in [6.07, 6.45) is 0.623. The van der Waals surface area contributed by atoms with E-state index in [0.717, 1.165) is 5.56 Å². The molecule has 9 heteroatoms. The highest BCUT2D eigenvalue weighted by atomic mass is 32.2. The highest BCUT2D eigenvalue weighted by Gasteiger charge is 2.16. The van der Waals surface area contributed by atoms with Crippen LogP contribution < -0.4 is 5.32 Å². The number of aliphatic hydroxyl groups excluding tert-OH is 2. The number of hydrogen-bond acceptors (Lipinski definition) is 6. The number of nitrogens with one attached hydrogen (secondary N) is 1. The minimum atomic E-state index is -0.880. The first-order valence-corrected chi connectivity index (χ1v) is 11.4. The van der Waals surface area contributed by atoms with Gasteiger partial charge in [-0.05, 0) is 43.2 Å². The SMILES string of the molecule is Cc1ccc(CCC(=O)NCCc2nnc(SCC(O)CO)n2-c2ccc(F)cc2)cc1. The summed E-state index contributed by atoms with van der Waals surface area (Å²) < 4.78 is 15.2. The number of nitrogens with zero attached hydrogens (tertiary/aromatic N) is 3. The number of hydrogen-bond donors (Lipinski definition) is 3. The number of aliphatic hydroxyl groups is 2. The van der Waals surface area contributed by atoms with Crippen LogP contribution in [0.4, 0.5) is 4.39 Å². The fraction of sp³-hybridized carbons (Fsp3) is 0.348. The van der Waals surface area contributed by atoms with Crippen molar-refractivity contribution in [2.75, 3.05) is 18.9 Å². The van der Waals surface area contributed by atoms with Crippen LogP contribution in [-0.2, 0) is 17.6 Å². The van der Waals surface area contributed by atoms with Gasteiger partial charge in [0.15, 0.2) is 5.16 Å². The van der Waals surface area contributed by atoms with E-state index in [0.29, 0.717) is 42.5 Å². The summed E-state index contributed by atoms with van der Waals surface area (Å²) in [5, 5.41) is 30.5. The molecular weight excluding hydrogens is 431 g/mol. The van der Waals surface area contributed by atoms with Crippen molar-refractivity contribution in [1.82, 2.24) is 20.1 Å². The Hall–Kier alpha value is -2.75. The molecule has 32 heavy (non-hydrogen) atoms. The molecule has 0 radical (unpaired) electrons. The zero-order valence-electron chi connectivity index (χ0n) is 17.9. The lowest BCUT2D eigenvalue weighted by Gasteiger charge is -2.12. The van der Waals surface area contributed by atoms with Crippen molar-refractivity contribution >= 4 is 17.7 Å². The van der Waals surface area contributed by atoms with Crippen LogP contribution in [0.5, 0.6) is 0 Å². The molecule has 0 aliphatic rings. The fourth-order valence-electron chi connectivity index (χ4n) is 3.04. The second-order valence-electron chi connectivity index (χ2n) is 7.44. The van der Waals surface area contributed by atoms with Crippen molar-refractivity contribution in [3.63, 3.8) is 0 Å². The standard InChI is InChI=1S/C23H27FN4O3S/c1-16-2-4-17(5-3-16)6-11-22(31)25-13-12-21-26-27-23(32-15-20(30)14-29)28(21)19-9-7-18(24)8-10-19/h2-5,7-10,20,29-30H,6,11-15H2,1H3,(H,25,31). The second kappa shape index (κ2) is 11.8. The summed E-state index contributed by atoms with van der Waals surface area (Å²) in [4.78, 5) is 12.2. The Balaban J connectivity index is 1.61. The summed E-state index contributed by atoms with van der Waals surface area (Å²) in [6, 6.07) is 14.1. The number of aryl methyl sites for hydroxylation is 2. The van der Waals surface area contributed by atoms with Crippen molar-refractivity contribution in [3.05, 3.63) is 71.3 Å². The largest absolute Gasteiger partial charge is 0.394 e. The molecule has 0 saturated heterocycles. The molecule has 170 valence electrons. The zero-order chi connectivity index (χ0) is 22.9. The predicted octanol–water partition coefficient (Wildman–Crippen LogP) is 2.45. The van der Waals surface area contributed by atoms with E-state index >= 15 is 0 Å². The van der Waals surface area contributed by atoms with Crippen LogP contribution in [0.3, 0.4) is 0 Å². The van der Waals surface area contributed by atoms with Gasteiger partial charge in [-0.15, -0.1) is 10.2 Å². The first-order chi connectivity index (χ1) is 15.5. The van der Waals surface area contributed by atoms with Crippen LogP contribution in [0.1, 0.15) is 23.4 Å². The predicted molar refractivity (Wildman–Crippen MR) is 121 cm³/mol. The molecule has 0 aliphatic carbocycles. The summed E-state index contributed by atoms with van der Waals surface area (Å²) in [6.45, 7) is 2.06. The van der Waals surface area contributed by atoms with Gasteiger partial charge in [-0.3, -0.25) is 9.36 Å². The van der Waals surface area contributed by atoms with Gasteiger partial charge in [-0.2, -0.15) is 0 Å². The molecule has 3 rings (SSSR count). The van der Waals surface area contributed by atoms with Gasteiger partial charge in [0.1, 0.15) is 11.6 Å². The van der Waals surface area contributed by atoms with Crippen LogP contribution in [0.25, 0.3) is 5.69 Å². The molecule has 0 saturated carbocycles. The molecule has 7 nitrogen and oxygen atoms in total. The molecule has 1 unspecified atom stereocenters. The molecule has 2 aromatic carbocycles. The van der Waals surface area contributed by atoms with Gasteiger partial charge in [0.25, 0.3) is 0 Å². The number of carbonyl (C=O) groups is 1. The zero-order valence-corrected chi connectivity index (χ0v) is 18.7. The van der Waals surface area contributed by atoms with E-state index in [9.17, 15) is 14.3 Å². The van der Waals surface area contributed by atoms with Gasteiger partial charge in [0, 0.05) is 30.8 Å². The fourth-order valence-corrected chi connectivity index (χ4v) is 3.93. The molecule has 1 atom stereocenters. The van der Waals surface area contributed by atoms with E-state index in [1.807, 2.05) is 31.2 Å². The molecule has 3 N–H and O–H groups in total. The molecule has 1 heterocycles. The van der Waals surface area contributed by atoms with E-state index in [2.05, 4.69) is 15.5 Å². The van der Waals surface area contributed by atoms with E-state index in [-0.39, 0.29) is 24.1 Å². The van der Waals surface area contributed by atoms with Gasteiger partial charge in [0.2, 0.25) is 5.91 Å². The maximum absolute atomic E-state index is 13.4. The van der Waals surface area contributed by atoms with E-state index < -0.39 is 6.10 Å². The van der Waals surface area contributed by atoms with Crippen LogP contribution in [0, 0.1) is 12.7 Å². The van der Waals surface area contributed by atoms with Crippen molar-refractivity contribution in [3.8, 4) is 5.69 Å². The maximum Gasteiger partial charge on any atom is 0.220 e. The highest BCUT2D eigenvalue weighted by Crippen LogP contribution is 2.23. The Bertz CT molecular complexity index is 1010. The number of aromatic nitrogens is 3. The maximum atomic E-state index is 13.4. The molecule has 0 aliphatic heterocycles. The number of thioether (sulfide) groups is 1. The third kappa shape index (κ3) is 6.88. The molecule has 3 aromatic rings. The highest BCUT2D eigenvalue weighted by molar-refractivity contribution is 7.99. The number of amides is 1. The quantitative estimate of drug-likeness (QED) is 0.382. The Morgan fingerprint density at radius 3 is 2.53 bits per heavy atom. The second-order valence-corrected chi connectivity index (χ2v) is 8.43. The third-order valence-corrected chi connectivity index (χ3v) is 5.91. The molecule has 0 spiro atoms. The lowest BCUT2D eigenvalue weighted by molar-refractivity contribution is -0.121. The molecule has 0 fully saturated rings. The van der Waals surface area contributed by atoms with Crippen LogP contribution in [-0.4, -0.2) is 55.9 Å². The number of carbonyl (C=O) groups excluding carboxylic acids is 1.